The van der Waals surface area contributed by atoms with Gasteiger partial charge in [-0.25, -0.2) is 0 Å². The second-order valence-corrected chi connectivity index (χ2v) is 5.59. The van der Waals surface area contributed by atoms with Gasteiger partial charge in [0.25, 0.3) is 5.91 Å². The fourth-order valence-electron chi connectivity index (χ4n) is 2.17. The number of alkyl halides is 3. The number of nitrogens with zero attached hydrogens (tertiary/aromatic N) is 1. The fraction of sp³-hybridized carbons (Fsp3) is 0.158. The quantitative estimate of drug-likeness (QED) is 0.610. The van der Waals surface area contributed by atoms with Gasteiger partial charge in [-0.3, -0.25) is 4.79 Å². The van der Waals surface area contributed by atoms with E-state index in [1.807, 2.05) is 19.9 Å². The third-order valence-electron chi connectivity index (χ3n) is 3.79. The van der Waals surface area contributed by atoms with Gasteiger partial charge in [0.1, 0.15) is 11.6 Å². The Bertz CT molecular complexity index is 896. The van der Waals surface area contributed by atoms with Crippen LogP contribution in [0.1, 0.15) is 16.7 Å². The highest BCUT2D eigenvalue weighted by atomic mass is 19.4. The molecule has 0 bridgehead atoms. The summed E-state index contributed by atoms with van der Waals surface area (Å²) >= 11 is 0. The molecule has 0 atom stereocenters. The predicted octanol–water partition coefficient (Wildman–Crippen LogP) is 4.78. The molecule has 0 aliphatic heterocycles. The molecule has 134 valence electrons. The monoisotopic (exact) mass is 359 g/mol. The van der Waals surface area contributed by atoms with E-state index >= 15 is 0 Å². The molecule has 2 aromatic rings. The van der Waals surface area contributed by atoms with Crippen LogP contribution in [-0.4, -0.2) is 5.91 Å². The number of carbonyl (C=O) groups is 1. The number of hydrogen-bond donors (Lipinski definition) is 2. The number of aryl methyl sites for hydroxylation is 1. The molecule has 0 radical (unpaired) electrons. The highest BCUT2D eigenvalue weighted by Gasteiger charge is 2.30. The van der Waals surface area contributed by atoms with Gasteiger partial charge >= 0.3 is 6.18 Å². The fourth-order valence-corrected chi connectivity index (χ4v) is 2.17. The maximum Gasteiger partial charge on any atom is 0.416 e. The van der Waals surface area contributed by atoms with Crippen molar-refractivity contribution < 1.29 is 18.0 Å². The molecule has 0 unspecified atom stereocenters. The zero-order valence-corrected chi connectivity index (χ0v) is 14.1. The van der Waals surface area contributed by atoms with Crippen molar-refractivity contribution in [2.45, 2.75) is 20.0 Å². The summed E-state index contributed by atoms with van der Waals surface area (Å²) < 4.78 is 38.1. The van der Waals surface area contributed by atoms with Crippen molar-refractivity contribution in [3.63, 3.8) is 0 Å². The number of nitriles is 1. The van der Waals surface area contributed by atoms with Gasteiger partial charge in [0.05, 0.1) is 5.56 Å². The largest absolute Gasteiger partial charge is 0.416 e. The minimum atomic E-state index is -4.47. The van der Waals surface area contributed by atoms with Gasteiger partial charge in [0.2, 0.25) is 0 Å². The molecule has 2 rings (SSSR count). The molecule has 0 spiro atoms. The maximum absolute atomic E-state index is 12.7. The molecule has 1 amide bonds. The molecule has 2 aromatic carbocycles. The molecule has 0 saturated heterocycles. The Kier molecular flexibility index (Phi) is 5.68. The van der Waals surface area contributed by atoms with Crippen molar-refractivity contribution in [3.05, 3.63) is 70.9 Å². The van der Waals surface area contributed by atoms with E-state index in [-0.39, 0.29) is 11.3 Å². The first-order chi connectivity index (χ1) is 12.2. The molecular formula is C19H16F3N3O. The van der Waals surface area contributed by atoms with Crippen molar-refractivity contribution in [2.24, 2.45) is 0 Å². The molecule has 0 aliphatic carbocycles. The molecule has 0 aliphatic rings. The molecule has 2 N–H and O–H groups in total. The third kappa shape index (κ3) is 4.63. The van der Waals surface area contributed by atoms with Crippen LogP contribution in [0.3, 0.4) is 0 Å². The smallest absolute Gasteiger partial charge is 0.360 e. The highest BCUT2D eigenvalue weighted by Crippen LogP contribution is 2.30. The standard InChI is InChI=1S/C19H16F3N3O/c1-12-5-3-8-17(13(12)2)25-18(26)14(10-23)11-24-16-7-4-6-15(9-16)19(20,21)22/h3-9,11,24H,1-2H3,(H,25,26)/b14-11-. The summed E-state index contributed by atoms with van der Waals surface area (Å²) in [6, 6.07) is 11.6. The van der Waals surface area contributed by atoms with Crippen LogP contribution < -0.4 is 10.6 Å². The molecule has 7 heteroatoms. The van der Waals surface area contributed by atoms with Crippen molar-refractivity contribution in [2.75, 3.05) is 10.6 Å². The number of benzene rings is 2. The number of halogens is 3. The molecule has 0 fully saturated rings. The van der Waals surface area contributed by atoms with E-state index in [4.69, 9.17) is 5.26 Å². The Balaban J connectivity index is 2.17. The topological polar surface area (TPSA) is 64.9 Å². The molecular weight excluding hydrogens is 343 g/mol. The second kappa shape index (κ2) is 7.74. The van der Waals surface area contributed by atoms with Gasteiger partial charge in [0, 0.05) is 17.6 Å². The van der Waals surface area contributed by atoms with Gasteiger partial charge in [-0.1, -0.05) is 18.2 Å². The van der Waals surface area contributed by atoms with E-state index in [2.05, 4.69) is 10.6 Å². The lowest BCUT2D eigenvalue weighted by atomic mass is 10.1. The molecule has 0 aromatic heterocycles. The van der Waals surface area contributed by atoms with Crippen LogP contribution in [0.2, 0.25) is 0 Å². The molecule has 0 heterocycles. The summed E-state index contributed by atoms with van der Waals surface area (Å²) in [6.07, 6.45) is -3.39. The zero-order valence-electron chi connectivity index (χ0n) is 14.1. The summed E-state index contributed by atoms with van der Waals surface area (Å²) in [4.78, 5) is 12.2. The first-order valence-electron chi connectivity index (χ1n) is 7.64. The maximum atomic E-state index is 12.7. The van der Waals surface area contributed by atoms with E-state index in [9.17, 15) is 18.0 Å². The van der Waals surface area contributed by atoms with Crippen molar-refractivity contribution in [3.8, 4) is 6.07 Å². The minimum Gasteiger partial charge on any atom is -0.360 e. The Morgan fingerprint density at radius 2 is 1.85 bits per heavy atom. The normalized spacial score (nSPS) is 11.6. The Labute approximate surface area is 149 Å². The summed E-state index contributed by atoms with van der Waals surface area (Å²) in [5.74, 6) is -0.652. The molecule has 26 heavy (non-hydrogen) atoms. The lowest BCUT2D eigenvalue weighted by molar-refractivity contribution is -0.137. The van der Waals surface area contributed by atoms with Gasteiger partial charge in [0.15, 0.2) is 0 Å². The SMILES string of the molecule is Cc1cccc(NC(=O)/C(C#N)=C\Nc2cccc(C(F)(F)F)c2)c1C. The summed E-state index contributed by atoms with van der Waals surface area (Å²) in [6.45, 7) is 3.73. The Morgan fingerprint density at radius 3 is 2.50 bits per heavy atom. The first-order valence-corrected chi connectivity index (χ1v) is 7.64. The average Bonchev–Trinajstić information content (AvgIpc) is 2.59. The highest BCUT2D eigenvalue weighted by molar-refractivity contribution is 6.07. The van der Waals surface area contributed by atoms with Crippen LogP contribution in [0.25, 0.3) is 0 Å². The minimum absolute atomic E-state index is 0.118. The van der Waals surface area contributed by atoms with E-state index < -0.39 is 17.6 Å². The number of nitrogens with one attached hydrogen (secondary N) is 2. The Morgan fingerprint density at radius 1 is 1.15 bits per heavy atom. The average molecular weight is 359 g/mol. The van der Waals surface area contributed by atoms with Crippen LogP contribution in [0, 0.1) is 25.2 Å². The number of carbonyl (C=O) groups excluding carboxylic acids is 1. The van der Waals surface area contributed by atoms with Crippen LogP contribution in [0.5, 0.6) is 0 Å². The van der Waals surface area contributed by atoms with Crippen LogP contribution in [0.15, 0.2) is 54.2 Å². The van der Waals surface area contributed by atoms with E-state index in [0.29, 0.717) is 5.69 Å². The number of amides is 1. The van der Waals surface area contributed by atoms with Crippen LogP contribution >= 0.6 is 0 Å². The van der Waals surface area contributed by atoms with Gasteiger partial charge in [-0.2, -0.15) is 18.4 Å². The number of rotatable bonds is 4. The van der Waals surface area contributed by atoms with Crippen molar-refractivity contribution in [1.29, 1.82) is 5.26 Å². The first kappa shape index (κ1) is 19.1. The lowest BCUT2D eigenvalue weighted by Gasteiger charge is -2.10. The zero-order chi connectivity index (χ0) is 19.3. The Hall–Kier alpha value is -3.27. The summed E-state index contributed by atoms with van der Waals surface area (Å²) in [7, 11) is 0. The van der Waals surface area contributed by atoms with Crippen LogP contribution in [0.4, 0.5) is 24.5 Å². The van der Waals surface area contributed by atoms with Crippen molar-refractivity contribution >= 4 is 17.3 Å². The summed E-state index contributed by atoms with van der Waals surface area (Å²) in [5, 5.41) is 14.3. The summed E-state index contributed by atoms with van der Waals surface area (Å²) in [5.41, 5.74) is 1.44. The predicted molar refractivity (Wildman–Crippen MR) is 93.3 cm³/mol. The molecule has 0 saturated carbocycles. The van der Waals surface area contributed by atoms with Gasteiger partial charge in [-0.05, 0) is 49.2 Å². The van der Waals surface area contributed by atoms with Gasteiger partial charge in [-0.15, -0.1) is 0 Å². The van der Waals surface area contributed by atoms with E-state index in [1.165, 1.54) is 12.1 Å². The molecule has 4 nitrogen and oxygen atoms in total. The number of anilines is 2. The van der Waals surface area contributed by atoms with Gasteiger partial charge < -0.3 is 10.6 Å². The van der Waals surface area contributed by atoms with Crippen molar-refractivity contribution in [1.82, 2.24) is 0 Å². The lowest BCUT2D eigenvalue weighted by Crippen LogP contribution is -2.15. The second-order valence-electron chi connectivity index (χ2n) is 5.59. The number of hydrogen-bond acceptors (Lipinski definition) is 3. The van der Waals surface area contributed by atoms with E-state index in [1.54, 1.807) is 18.2 Å². The van der Waals surface area contributed by atoms with Crippen LogP contribution in [-0.2, 0) is 11.0 Å². The third-order valence-corrected chi connectivity index (χ3v) is 3.79. The van der Waals surface area contributed by atoms with E-state index in [0.717, 1.165) is 29.5 Å².